The Morgan fingerprint density at radius 2 is 2.25 bits per heavy atom. The molecule has 0 saturated carbocycles. The zero-order valence-corrected chi connectivity index (χ0v) is 6.98. The van der Waals surface area contributed by atoms with Crippen LogP contribution in [0.5, 0.6) is 5.88 Å². The first kappa shape index (κ1) is 7.09. The Kier molecular flexibility index (Phi) is 1.46. The molecule has 2 aromatic heterocycles. The lowest BCUT2D eigenvalue weighted by Gasteiger charge is -1.97. The van der Waals surface area contributed by atoms with Crippen molar-refractivity contribution in [2.45, 2.75) is 0 Å². The minimum absolute atomic E-state index is 0.598. The highest BCUT2D eigenvalue weighted by Crippen LogP contribution is 2.14. The minimum Gasteiger partial charge on any atom is -0.481 e. The first-order chi connectivity index (χ1) is 5.81. The summed E-state index contributed by atoms with van der Waals surface area (Å²) in [6.45, 7) is 0. The summed E-state index contributed by atoms with van der Waals surface area (Å²) >= 11 is 0. The number of rotatable bonds is 1. The summed E-state index contributed by atoms with van der Waals surface area (Å²) in [4.78, 5) is 8.25. The summed E-state index contributed by atoms with van der Waals surface area (Å²) in [6.07, 6.45) is 3.51. The summed E-state index contributed by atoms with van der Waals surface area (Å²) in [5, 5.41) is 0. The molecule has 0 fully saturated rings. The fourth-order valence-electron chi connectivity index (χ4n) is 1.12. The van der Waals surface area contributed by atoms with Gasteiger partial charge in [-0.3, -0.25) is 0 Å². The number of hydrogen-bond acceptors (Lipinski definition) is 3. The summed E-state index contributed by atoms with van der Waals surface area (Å²) in [5.74, 6) is 0.598. The van der Waals surface area contributed by atoms with E-state index in [1.807, 2.05) is 17.7 Å². The number of nitrogens with zero attached hydrogens (tertiary/aromatic N) is 3. The molecule has 2 rings (SSSR count). The predicted octanol–water partition coefficient (Wildman–Crippen LogP) is 0.977. The van der Waals surface area contributed by atoms with Crippen LogP contribution in [0.15, 0.2) is 18.6 Å². The van der Waals surface area contributed by atoms with Crippen molar-refractivity contribution in [2.24, 2.45) is 7.05 Å². The molecule has 0 aliphatic heterocycles. The molecule has 0 spiro atoms. The van der Waals surface area contributed by atoms with Gasteiger partial charge in [0.05, 0.1) is 30.7 Å². The van der Waals surface area contributed by atoms with Crippen molar-refractivity contribution in [1.29, 1.82) is 0 Å². The lowest BCUT2D eigenvalue weighted by molar-refractivity contribution is 0.398. The molecule has 0 atom stereocenters. The van der Waals surface area contributed by atoms with Crippen LogP contribution in [0.1, 0.15) is 0 Å². The zero-order valence-electron chi connectivity index (χ0n) is 6.98. The highest BCUT2D eigenvalue weighted by molar-refractivity contribution is 5.74. The second-order valence-electron chi connectivity index (χ2n) is 2.57. The zero-order chi connectivity index (χ0) is 8.55. The Balaban J connectivity index is 2.69. The second-order valence-corrected chi connectivity index (χ2v) is 2.57. The molecule has 0 bridgehead atoms. The van der Waals surface area contributed by atoms with Crippen LogP contribution in [-0.4, -0.2) is 21.6 Å². The van der Waals surface area contributed by atoms with Crippen LogP contribution in [0.4, 0.5) is 0 Å². The average Bonchev–Trinajstić information content (AvgIpc) is 2.47. The molecule has 0 saturated heterocycles. The van der Waals surface area contributed by atoms with E-state index in [0.717, 1.165) is 11.0 Å². The van der Waals surface area contributed by atoms with Crippen molar-refractivity contribution >= 4 is 11.0 Å². The van der Waals surface area contributed by atoms with Gasteiger partial charge in [-0.05, 0) is 0 Å². The van der Waals surface area contributed by atoms with Crippen molar-refractivity contribution in [2.75, 3.05) is 7.11 Å². The number of imidazole rings is 1. The Morgan fingerprint density at radius 3 is 3.00 bits per heavy atom. The van der Waals surface area contributed by atoms with E-state index in [1.165, 1.54) is 0 Å². The second kappa shape index (κ2) is 2.48. The van der Waals surface area contributed by atoms with E-state index in [9.17, 15) is 0 Å². The van der Waals surface area contributed by atoms with Crippen LogP contribution in [0.2, 0.25) is 0 Å². The van der Waals surface area contributed by atoms with Crippen LogP contribution in [0.3, 0.4) is 0 Å². The molecule has 4 nitrogen and oxygen atoms in total. The lowest BCUT2D eigenvalue weighted by atomic mass is 10.4. The van der Waals surface area contributed by atoms with E-state index in [0.29, 0.717) is 5.88 Å². The van der Waals surface area contributed by atoms with Gasteiger partial charge in [0.15, 0.2) is 0 Å². The van der Waals surface area contributed by atoms with E-state index in [2.05, 4.69) is 9.97 Å². The van der Waals surface area contributed by atoms with Gasteiger partial charge in [-0.2, -0.15) is 0 Å². The lowest BCUT2D eigenvalue weighted by Crippen LogP contribution is -1.88. The maximum absolute atomic E-state index is 4.97. The van der Waals surface area contributed by atoms with Crippen LogP contribution < -0.4 is 4.74 Å². The first-order valence-electron chi connectivity index (χ1n) is 3.62. The molecule has 62 valence electrons. The summed E-state index contributed by atoms with van der Waals surface area (Å²) in [7, 11) is 3.53. The molecule has 0 N–H and O–H groups in total. The number of hydrogen-bond donors (Lipinski definition) is 0. The fourth-order valence-corrected chi connectivity index (χ4v) is 1.12. The van der Waals surface area contributed by atoms with E-state index in [4.69, 9.17) is 4.74 Å². The van der Waals surface area contributed by atoms with E-state index in [1.54, 1.807) is 19.6 Å². The molecule has 12 heavy (non-hydrogen) atoms. The number of aryl methyl sites for hydroxylation is 1. The SMILES string of the molecule is COc1cc2ncn(C)c2cn1. The molecule has 0 radical (unpaired) electrons. The van der Waals surface area contributed by atoms with E-state index in [-0.39, 0.29) is 0 Å². The topological polar surface area (TPSA) is 39.9 Å². The molecule has 4 heteroatoms. The van der Waals surface area contributed by atoms with E-state index >= 15 is 0 Å². The van der Waals surface area contributed by atoms with Gasteiger partial charge in [0.25, 0.3) is 0 Å². The maximum atomic E-state index is 4.97. The number of aromatic nitrogens is 3. The van der Waals surface area contributed by atoms with Crippen molar-refractivity contribution in [3.8, 4) is 5.88 Å². The van der Waals surface area contributed by atoms with Gasteiger partial charge < -0.3 is 9.30 Å². The summed E-state index contributed by atoms with van der Waals surface area (Å²) < 4.78 is 6.89. The van der Waals surface area contributed by atoms with Crippen LogP contribution in [-0.2, 0) is 7.05 Å². The Labute approximate surface area is 69.8 Å². The van der Waals surface area contributed by atoms with Gasteiger partial charge in [0.2, 0.25) is 5.88 Å². The molecule has 0 aliphatic rings. The van der Waals surface area contributed by atoms with Crippen LogP contribution >= 0.6 is 0 Å². The molecule has 2 aromatic rings. The molecular formula is C8H9N3O. The normalized spacial score (nSPS) is 10.5. The maximum Gasteiger partial charge on any atom is 0.215 e. The largest absolute Gasteiger partial charge is 0.481 e. The standard InChI is InChI=1S/C8H9N3O/c1-11-5-10-6-3-8(12-2)9-4-7(6)11/h3-5H,1-2H3. The summed E-state index contributed by atoms with van der Waals surface area (Å²) in [6, 6.07) is 1.81. The van der Waals surface area contributed by atoms with Crippen molar-refractivity contribution in [1.82, 2.24) is 14.5 Å². The van der Waals surface area contributed by atoms with Gasteiger partial charge in [-0.15, -0.1) is 0 Å². The van der Waals surface area contributed by atoms with Crippen LogP contribution in [0, 0.1) is 0 Å². The van der Waals surface area contributed by atoms with Gasteiger partial charge in [-0.1, -0.05) is 0 Å². The van der Waals surface area contributed by atoms with Gasteiger partial charge in [0, 0.05) is 13.1 Å². The third-order valence-electron chi connectivity index (χ3n) is 1.80. The Hall–Kier alpha value is -1.58. The van der Waals surface area contributed by atoms with Gasteiger partial charge in [-0.25, -0.2) is 9.97 Å². The highest BCUT2D eigenvalue weighted by atomic mass is 16.5. The third kappa shape index (κ3) is 0.922. The third-order valence-corrected chi connectivity index (χ3v) is 1.80. The minimum atomic E-state index is 0.598. The molecule has 0 aliphatic carbocycles. The smallest absolute Gasteiger partial charge is 0.215 e. The predicted molar refractivity (Wildman–Crippen MR) is 45.1 cm³/mol. The fraction of sp³-hybridized carbons (Fsp3) is 0.250. The summed E-state index contributed by atoms with van der Waals surface area (Å²) in [5.41, 5.74) is 1.92. The molecular weight excluding hydrogens is 154 g/mol. The monoisotopic (exact) mass is 163 g/mol. The Morgan fingerprint density at radius 1 is 1.42 bits per heavy atom. The molecule has 0 unspecified atom stereocenters. The van der Waals surface area contributed by atoms with Gasteiger partial charge in [0.1, 0.15) is 0 Å². The average molecular weight is 163 g/mol. The molecule has 2 heterocycles. The van der Waals surface area contributed by atoms with Crippen LogP contribution in [0.25, 0.3) is 11.0 Å². The molecule has 0 amide bonds. The Bertz CT molecular complexity index is 408. The number of pyridine rings is 1. The van der Waals surface area contributed by atoms with E-state index < -0.39 is 0 Å². The van der Waals surface area contributed by atoms with Crippen molar-refractivity contribution in [3.63, 3.8) is 0 Å². The number of methoxy groups -OCH3 is 1. The quantitative estimate of drug-likeness (QED) is 0.629. The van der Waals surface area contributed by atoms with Crippen molar-refractivity contribution < 1.29 is 4.74 Å². The van der Waals surface area contributed by atoms with Gasteiger partial charge >= 0.3 is 0 Å². The molecule has 0 aromatic carbocycles. The van der Waals surface area contributed by atoms with Crippen molar-refractivity contribution in [3.05, 3.63) is 18.6 Å². The first-order valence-corrected chi connectivity index (χ1v) is 3.62. The number of fused-ring (bicyclic) bond motifs is 1. The number of ether oxygens (including phenoxy) is 1. The highest BCUT2D eigenvalue weighted by Gasteiger charge is 2.00.